The van der Waals surface area contributed by atoms with Crippen molar-refractivity contribution >= 4 is 33.6 Å². The molecule has 1 saturated heterocycles. The van der Waals surface area contributed by atoms with E-state index in [0.29, 0.717) is 30.2 Å². The van der Waals surface area contributed by atoms with Gasteiger partial charge in [0.15, 0.2) is 6.10 Å². The van der Waals surface area contributed by atoms with Crippen molar-refractivity contribution in [3.8, 4) is 5.75 Å². The number of imide groups is 1. The number of nitrogens with one attached hydrogen (secondary N) is 1. The maximum atomic E-state index is 13.2. The molecule has 1 N–H and O–H groups in total. The van der Waals surface area contributed by atoms with Crippen LogP contribution in [0.1, 0.15) is 29.8 Å². The van der Waals surface area contributed by atoms with E-state index in [9.17, 15) is 22.8 Å². The molecule has 34 heavy (non-hydrogen) atoms. The zero-order chi connectivity index (χ0) is 25.0. The molecular formula is C23H27N3O7S. The van der Waals surface area contributed by atoms with Crippen LogP contribution in [-0.4, -0.2) is 64.1 Å². The highest BCUT2D eigenvalue weighted by atomic mass is 32.2. The molecule has 182 valence electrons. The number of amides is 3. The first kappa shape index (κ1) is 25.0. The van der Waals surface area contributed by atoms with Crippen LogP contribution in [0.2, 0.25) is 0 Å². The van der Waals surface area contributed by atoms with Crippen molar-refractivity contribution < 1.29 is 32.3 Å². The van der Waals surface area contributed by atoms with Crippen molar-refractivity contribution in [2.45, 2.75) is 31.8 Å². The summed E-state index contributed by atoms with van der Waals surface area (Å²) in [4.78, 5) is 37.8. The molecule has 0 radical (unpaired) electrons. The Balaban J connectivity index is 1.80. The Hall–Kier alpha value is -3.60. The molecule has 0 bridgehead atoms. The zero-order valence-electron chi connectivity index (χ0n) is 19.4. The van der Waals surface area contributed by atoms with Crippen LogP contribution in [0.5, 0.6) is 5.75 Å². The number of sulfonamides is 1. The fourth-order valence-corrected chi connectivity index (χ4v) is 4.60. The molecule has 1 fully saturated rings. The number of aryl methyl sites for hydroxylation is 1. The molecular weight excluding hydrogens is 462 g/mol. The molecule has 0 aliphatic carbocycles. The van der Waals surface area contributed by atoms with Gasteiger partial charge >= 0.3 is 12.0 Å². The smallest absolute Gasteiger partial charge is 0.339 e. The normalized spacial score (nSPS) is 14.4. The Morgan fingerprint density at radius 1 is 1.18 bits per heavy atom. The summed E-state index contributed by atoms with van der Waals surface area (Å²) in [6.07, 6.45) is -1.22. The molecule has 1 heterocycles. The second-order valence-electron chi connectivity index (χ2n) is 7.65. The Labute approximate surface area is 198 Å². The van der Waals surface area contributed by atoms with Crippen LogP contribution in [0.3, 0.4) is 0 Å². The molecule has 1 aliphatic heterocycles. The van der Waals surface area contributed by atoms with Gasteiger partial charge in [0, 0.05) is 20.1 Å². The summed E-state index contributed by atoms with van der Waals surface area (Å²) in [5.74, 6) is -0.897. The first-order valence-electron chi connectivity index (χ1n) is 10.7. The third kappa shape index (κ3) is 5.14. The first-order chi connectivity index (χ1) is 16.1. The SMILES string of the molecule is CCOc1ccc(N(C)S(=O)(=O)c2ccc(C)c(C(=O)OC(C)C(=O)N3CCNC3=O)c2)cc1. The molecule has 0 spiro atoms. The maximum absolute atomic E-state index is 13.2. The number of anilines is 1. The number of nitrogens with zero attached hydrogens (tertiary/aromatic N) is 2. The molecule has 0 saturated carbocycles. The number of ether oxygens (including phenoxy) is 2. The van der Waals surface area contributed by atoms with E-state index in [4.69, 9.17) is 9.47 Å². The lowest BCUT2D eigenvalue weighted by Crippen LogP contribution is -2.41. The fraction of sp³-hybridized carbons (Fsp3) is 0.348. The molecule has 1 unspecified atom stereocenters. The van der Waals surface area contributed by atoms with Crippen molar-refractivity contribution in [3.63, 3.8) is 0 Å². The van der Waals surface area contributed by atoms with Gasteiger partial charge in [-0.25, -0.2) is 18.0 Å². The molecule has 2 aromatic carbocycles. The van der Waals surface area contributed by atoms with Gasteiger partial charge in [0.05, 0.1) is 22.8 Å². The largest absolute Gasteiger partial charge is 0.494 e. The third-order valence-electron chi connectivity index (χ3n) is 5.35. The molecule has 2 aromatic rings. The third-order valence-corrected chi connectivity index (χ3v) is 7.13. The van der Waals surface area contributed by atoms with Crippen LogP contribution in [0.15, 0.2) is 47.4 Å². The highest BCUT2D eigenvalue weighted by Gasteiger charge is 2.32. The van der Waals surface area contributed by atoms with Crippen molar-refractivity contribution in [2.24, 2.45) is 0 Å². The lowest BCUT2D eigenvalue weighted by molar-refractivity contribution is -0.136. The van der Waals surface area contributed by atoms with Crippen LogP contribution in [-0.2, 0) is 19.6 Å². The van der Waals surface area contributed by atoms with Crippen molar-refractivity contribution in [2.75, 3.05) is 31.0 Å². The molecule has 1 aliphatic rings. The van der Waals surface area contributed by atoms with Crippen LogP contribution >= 0.6 is 0 Å². The standard InChI is InChI=1S/C23H27N3O7S/c1-5-32-18-9-7-17(8-10-18)25(4)34(30,31)19-11-6-15(2)20(14-19)22(28)33-16(3)21(27)26-13-12-24-23(26)29/h6-11,14,16H,5,12-13H2,1-4H3,(H,24,29). The quantitative estimate of drug-likeness (QED) is 0.565. The fourth-order valence-electron chi connectivity index (χ4n) is 3.37. The summed E-state index contributed by atoms with van der Waals surface area (Å²) < 4.78 is 38.2. The molecule has 11 heteroatoms. The van der Waals surface area contributed by atoms with E-state index < -0.39 is 34.0 Å². The van der Waals surface area contributed by atoms with E-state index in [0.717, 1.165) is 9.21 Å². The van der Waals surface area contributed by atoms with Gasteiger partial charge in [-0.05, 0) is 62.7 Å². The molecule has 3 rings (SSSR count). The Kier molecular flexibility index (Phi) is 7.45. The number of rotatable bonds is 8. The first-order valence-corrected chi connectivity index (χ1v) is 12.1. The molecule has 3 amide bonds. The van der Waals surface area contributed by atoms with E-state index in [2.05, 4.69) is 5.32 Å². The molecule has 1 atom stereocenters. The van der Waals surface area contributed by atoms with E-state index in [1.807, 2.05) is 6.92 Å². The summed E-state index contributed by atoms with van der Waals surface area (Å²) >= 11 is 0. The van der Waals surface area contributed by atoms with Gasteiger partial charge in [0.2, 0.25) is 0 Å². The highest BCUT2D eigenvalue weighted by Crippen LogP contribution is 2.26. The summed E-state index contributed by atoms with van der Waals surface area (Å²) in [5.41, 5.74) is 0.897. The van der Waals surface area contributed by atoms with E-state index >= 15 is 0 Å². The second-order valence-corrected chi connectivity index (χ2v) is 9.61. The predicted octanol–water partition coefficient (Wildman–Crippen LogP) is 2.32. The lowest BCUT2D eigenvalue weighted by Gasteiger charge is -2.21. The van der Waals surface area contributed by atoms with Crippen LogP contribution in [0.25, 0.3) is 0 Å². The van der Waals surface area contributed by atoms with E-state index in [1.54, 1.807) is 31.2 Å². The van der Waals surface area contributed by atoms with E-state index in [1.165, 1.54) is 32.2 Å². The minimum Gasteiger partial charge on any atom is -0.494 e. The average Bonchev–Trinajstić information content (AvgIpc) is 3.24. The van der Waals surface area contributed by atoms with Crippen LogP contribution < -0.4 is 14.4 Å². The van der Waals surface area contributed by atoms with Gasteiger partial charge in [0.25, 0.3) is 15.9 Å². The second kappa shape index (κ2) is 10.1. The summed E-state index contributed by atoms with van der Waals surface area (Å²) in [5, 5.41) is 2.50. The number of benzene rings is 2. The number of hydrogen-bond donors (Lipinski definition) is 1. The number of esters is 1. The van der Waals surface area contributed by atoms with Crippen molar-refractivity contribution in [3.05, 3.63) is 53.6 Å². The average molecular weight is 490 g/mol. The van der Waals surface area contributed by atoms with Crippen molar-refractivity contribution in [1.29, 1.82) is 0 Å². The van der Waals surface area contributed by atoms with Gasteiger partial charge in [-0.2, -0.15) is 0 Å². The zero-order valence-corrected chi connectivity index (χ0v) is 20.2. The van der Waals surface area contributed by atoms with Gasteiger partial charge in [-0.3, -0.25) is 14.0 Å². The lowest BCUT2D eigenvalue weighted by atomic mass is 10.1. The number of hydrogen-bond acceptors (Lipinski definition) is 7. The highest BCUT2D eigenvalue weighted by molar-refractivity contribution is 7.92. The number of carbonyl (C=O) groups is 3. The predicted molar refractivity (Wildman–Crippen MR) is 124 cm³/mol. The Bertz CT molecular complexity index is 1200. The Morgan fingerprint density at radius 2 is 1.85 bits per heavy atom. The number of urea groups is 1. The summed E-state index contributed by atoms with van der Waals surface area (Å²) in [6, 6.07) is 10.1. The molecule has 10 nitrogen and oxygen atoms in total. The van der Waals surface area contributed by atoms with Crippen LogP contribution in [0, 0.1) is 6.92 Å². The number of carbonyl (C=O) groups excluding carboxylic acids is 3. The minimum atomic E-state index is -4.00. The summed E-state index contributed by atoms with van der Waals surface area (Å²) in [6.45, 7) is 5.84. The summed E-state index contributed by atoms with van der Waals surface area (Å²) in [7, 11) is -2.59. The van der Waals surface area contributed by atoms with Crippen molar-refractivity contribution in [1.82, 2.24) is 10.2 Å². The Morgan fingerprint density at radius 3 is 2.44 bits per heavy atom. The minimum absolute atomic E-state index is 0.00620. The molecule has 0 aromatic heterocycles. The monoisotopic (exact) mass is 489 g/mol. The van der Waals surface area contributed by atoms with Gasteiger partial charge in [0.1, 0.15) is 5.75 Å². The topological polar surface area (TPSA) is 122 Å². The van der Waals surface area contributed by atoms with Gasteiger partial charge in [-0.15, -0.1) is 0 Å². The van der Waals surface area contributed by atoms with Gasteiger partial charge < -0.3 is 14.8 Å². The van der Waals surface area contributed by atoms with E-state index in [-0.39, 0.29) is 17.0 Å². The van der Waals surface area contributed by atoms with Crippen LogP contribution in [0.4, 0.5) is 10.5 Å². The maximum Gasteiger partial charge on any atom is 0.339 e. The van der Waals surface area contributed by atoms with Gasteiger partial charge in [-0.1, -0.05) is 6.07 Å².